The quantitative estimate of drug-likeness (QED) is 0.888. The molecule has 1 amide bonds. The molecule has 2 N–H and O–H groups in total. The van der Waals surface area contributed by atoms with Gasteiger partial charge in [0.1, 0.15) is 6.67 Å². The van der Waals surface area contributed by atoms with Gasteiger partial charge in [0.05, 0.1) is 11.1 Å². The van der Waals surface area contributed by atoms with Crippen molar-refractivity contribution >= 4 is 22.8 Å². The van der Waals surface area contributed by atoms with Gasteiger partial charge in [-0.05, 0) is 38.0 Å². The Morgan fingerprint density at radius 2 is 2.13 bits per heavy atom. The van der Waals surface area contributed by atoms with E-state index in [4.69, 9.17) is 5.11 Å². The SMILES string of the molecule is Cc1ccc2nc(C3CC3)cc(C(=O)NC(CF)C(=O)O)c2c1. The molecule has 5 nitrogen and oxygen atoms in total. The number of aromatic nitrogens is 1. The summed E-state index contributed by atoms with van der Waals surface area (Å²) < 4.78 is 12.8. The normalized spacial score (nSPS) is 15.4. The largest absolute Gasteiger partial charge is 0.480 e. The molecule has 6 heteroatoms. The van der Waals surface area contributed by atoms with Crippen molar-refractivity contribution < 1.29 is 19.1 Å². The van der Waals surface area contributed by atoms with Gasteiger partial charge in [-0.1, -0.05) is 11.6 Å². The Hall–Kier alpha value is -2.50. The summed E-state index contributed by atoms with van der Waals surface area (Å²) in [5.41, 5.74) is 2.84. The van der Waals surface area contributed by atoms with Gasteiger partial charge < -0.3 is 10.4 Å². The number of carboxylic acid groups (broad SMARTS) is 1. The zero-order valence-corrected chi connectivity index (χ0v) is 12.7. The van der Waals surface area contributed by atoms with E-state index in [0.29, 0.717) is 22.4 Å². The second kappa shape index (κ2) is 5.95. The van der Waals surface area contributed by atoms with E-state index in [9.17, 15) is 14.0 Å². The van der Waals surface area contributed by atoms with Crippen LogP contribution in [0.3, 0.4) is 0 Å². The molecule has 3 rings (SSSR count). The fourth-order valence-electron chi connectivity index (χ4n) is 2.54. The molecule has 1 heterocycles. The molecule has 1 aromatic carbocycles. The molecule has 2 aromatic rings. The summed E-state index contributed by atoms with van der Waals surface area (Å²) in [6.45, 7) is 0.746. The minimum Gasteiger partial charge on any atom is -0.480 e. The van der Waals surface area contributed by atoms with Gasteiger partial charge in [-0.3, -0.25) is 9.78 Å². The molecule has 0 radical (unpaired) electrons. The second-order valence-electron chi connectivity index (χ2n) is 5.91. The smallest absolute Gasteiger partial charge is 0.328 e. The number of aliphatic carboxylic acids is 1. The van der Waals surface area contributed by atoms with Crippen molar-refractivity contribution in [2.45, 2.75) is 31.7 Å². The van der Waals surface area contributed by atoms with Gasteiger partial charge in [-0.15, -0.1) is 0 Å². The zero-order valence-electron chi connectivity index (χ0n) is 12.7. The monoisotopic (exact) mass is 316 g/mol. The first-order valence-corrected chi connectivity index (χ1v) is 7.50. The molecule has 23 heavy (non-hydrogen) atoms. The highest BCUT2D eigenvalue weighted by atomic mass is 19.1. The van der Waals surface area contributed by atoms with Gasteiger partial charge in [0.2, 0.25) is 0 Å². The summed E-state index contributed by atoms with van der Waals surface area (Å²) in [7, 11) is 0. The topological polar surface area (TPSA) is 79.3 Å². The summed E-state index contributed by atoms with van der Waals surface area (Å²) in [6.07, 6.45) is 2.07. The van der Waals surface area contributed by atoms with E-state index in [-0.39, 0.29) is 0 Å². The van der Waals surface area contributed by atoms with E-state index in [2.05, 4.69) is 10.3 Å². The molecule has 1 fully saturated rings. The lowest BCUT2D eigenvalue weighted by Crippen LogP contribution is -2.42. The predicted molar refractivity (Wildman–Crippen MR) is 83.3 cm³/mol. The van der Waals surface area contributed by atoms with Gasteiger partial charge in [-0.25, -0.2) is 9.18 Å². The number of carboxylic acids is 1. The van der Waals surface area contributed by atoms with Crippen molar-refractivity contribution in [1.82, 2.24) is 10.3 Å². The van der Waals surface area contributed by atoms with Crippen molar-refractivity contribution in [3.05, 3.63) is 41.1 Å². The Kier molecular flexibility index (Phi) is 3.98. The molecule has 1 unspecified atom stereocenters. The summed E-state index contributed by atoms with van der Waals surface area (Å²) in [6, 6.07) is 5.75. The van der Waals surface area contributed by atoms with Crippen LogP contribution < -0.4 is 5.32 Å². The molecular weight excluding hydrogens is 299 g/mol. The highest BCUT2D eigenvalue weighted by Crippen LogP contribution is 2.40. The van der Waals surface area contributed by atoms with E-state index in [1.54, 1.807) is 6.07 Å². The van der Waals surface area contributed by atoms with Crippen molar-refractivity contribution in [2.24, 2.45) is 0 Å². The number of hydrogen-bond donors (Lipinski definition) is 2. The van der Waals surface area contributed by atoms with Gasteiger partial charge >= 0.3 is 5.97 Å². The van der Waals surface area contributed by atoms with Crippen LogP contribution in [-0.4, -0.2) is 34.7 Å². The molecule has 0 bridgehead atoms. The summed E-state index contributed by atoms with van der Waals surface area (Å²) >= 11 is 0. The van der Waals surface area contributed by atoms with Crippen LogP contribution in [0.5, 0.6) is 0 Å². The first kappa shape index (κ1) is 15.4. The summed E-state index contributed by atoms with van der Waals surface area (Å²) in [5, 5.41) is 11.8. The van der Waals surface area contributed by atoms with E-state index in [1.165, 1.54) is 0 Å². The van der Waals surface area contributed by atoms with Crippen molar-refractivity contribution in [3.8, 4) is 0 Å². The number of pyridine rings is 1. The average Bonchev–Trinajstić information content (AvgIpc) is 3.35. The Morgan fingerprint density at radius 1 is 1.39 bits per heavy atom. The van der Waals surface area contributed by atoms with Gasteiger partial charge in [-0.2, -0.15) is 0 Å². The number of nitrogens with zero attached hydrogens (tertiary/aromatic N) is 1. The highest BCUT2D eigenvalue weighted by molar-refractivity contribution is 6.07. The first-order valence-electron chi connectivity index (χ1n) is 7.50. The predicted octanol–water partition coefficient (Wildman–Crippen LogP) is 2.57. The minimum atomic E-state index is -1.54. The molecule has 0 aliphatic heterocycles. The highest BCUT2D eigenvalue weighted by Gasteiger charge is 2.28. The number of carbonyl (C=O) groups is 2. The van der Waals surface area contributed by atoms with Crippen LogP contribution in [0, 0.1) is 6.92 Å². The number of carbonyl (C=O) groups excluding carboxylic acids is 1. The molecule has 1 saturated carbocycles. The van der Waals surface area contributed by atoms with Crippen LogP contribution >= 0.6 is 0 Å². The van der Waals surface area contributed by atoms with E-state index in [1.807, 2.05) is 25.1 Å². The van der Waals surface area contributed by atoms with Crippen LogP contribution in [0.25, 0.3) is 10.9 Å². The number of benzene rings is 1. The minimum absolute atomic E-state index is 0.348. The zero-order chi connectivity index (χ0) is 16.6. The molecule has 1 aromatic heterocycles. The van der Waals surface area contributed by atoms with Crippen LogP contribution in [0.1, 0.15) is 40.4 Å². The Morgan fingerprint density at radius 3 is 2.74 bits per heavy atom. The third kappa shape index (κ3) is 3.16. The lowest BCUT2D eigenvalue weighted by molar-refractivity contribution is -0.139. The third-order valence-corrected chi connectivity index (χ3v) is 3.98. The summed E-state index contributed by atoms with van der Waals surface area (Å²) in [4.78, 5) is 28.0. The number of rotatable bonds is 5. The number of amides is 1. The standard InChI is InChI=1S/C17H17FN2O3/c1-9-2-5-13-11(6-9)12(7-14(19-13)10-3-4-10)16(21)20-15(8-18)17(22)23/h2,5-7,10,15H,3-4,8H2,1H3,(H,20,21)(H,22,23). The lowest BCUT2D eigenvalue weighted by atomic mass is 10.0. The maximum Gasteiger partial charge on any atom is 0.328 e. The molecule has 1 atom stereocenters. The first-order chi connectivity index (χ1) is 11.0. The lowest BCUT2D eigenvalue weighted by Gasteiger charge is -2.13. The Bertz CT molecular complexity index is 787. The van der Waals surface area contributed by atoms with Gasteiger partial charge in [0, 0.05) is 17.0 Å². The number of halogens is 1. The maximum absolute atomic E-state index is 12.8. The van der Waals surface area contributed by atoms with Crippen molar-refractivity contribution in [3.63, 3.8) is 0 Å². The number of nitrogens with one attached hydrogen (secondary N) is 1. The van der Waals surface area contributed by atoms with Crippen molar-refractivity contribution in [1.29, 1.82) is 0 Å². The Balaban J connectivity index is 2.05. The number of aryl methyl sites for hydroxylation is 1. The average molecular weight is 316 g/mol. The van der Waals surface area contributed by atoms with E-state index >= 15 is 0 Å². The molecule has 1 aliphatic rings. The molecule has 1 aliphatic carbocycles. The van der Waals surface area contributed by atoms with Crippen molar-refractivity contribution in [2.75, 3.05) is 6.67 Å². The van der Waals surface area contributed by atoms with Crippen LogP contribution in [-0.2, 0) is 4.79 Å². The molecule has 120 valence electrons. The number of alkyl halides is 1. The van der Waals surface area contributed by atoms with E-state index < -0.39 is 24.6 Å². The van der Waals surface area contributed by atoms with Crippen LogP contribution in [0.2, 0.25) is 0 Å². The van der Waals surface area contributed by atoms with Gasteiger partial charge in [0.15, 0.2) is 6.04 Å². The molecule has 0 spiro atoms. The van der Waals surface area contributed by atoms with Crippen LogP contribution in [0.4, 0.5) is 4.39 Å². The second-order valence-corrected chi connectivity index (χ2v) is 5.91. The van der Waals surface area contributed by atoms with Gasteiger partial charge in [0.25, 0.3) is 5.91 Å². The maximum atomic E-state index is 12.8. The number of hydrogen-bond acceptors (Lipinski definition) is 3. The van der Waals surface area contributed by atoms with Crippen LogP contribution in [0.15, 0.2) is 24.3 Å². The fraction of sp³-hybridized carbons (Fsp3) is 0.353. The number of fused-ring (bicyclic) bond motifs is 1. The van der Waals surface area contributed by atoms with E-state index in [0.717, 1.165) is 24.1 Å². The Labute approximate surface area is 132 Å². The fourth-order valence-corrected chi connectivity index (χ4v) is 2.54. The third-order valence-electron chi connectivity index (χ3n) is 3.98. The molecule has 0 saturated heterocycles. The summed E-state index contributed by atoms with van der Waals surface area (Å²) in [5.74, 6) is -1.63. The molecular formula is C17H17FN2O3.